The summed E-state index contributed by atoms with van der Waals surface area (Å²) in [6.07, 6.45) is 89.5. The molecule has 0 spiro atoms. The number of carbonyl (C=O) groups is 3. The van der Waals surface area contributed by atoms with Crippen molar-refractivity contribution in [3.8, 4) is 0 Å². The Bertz CT molecular complexity index is 1340. The number of esters is 3. The second-order valence-electron chi connectivity index (χ2n) is 25.9. The minimum atomic E-state index is -0.775. The third-order valence-electron chi connectivity index (χ3n) is 17.4. The highest BCUT2D eigenvalue weighted by Crippen LogP contribution is 2.19. The molecular weight excluding hydrogens is 1020 g/mol. The van der Waals surface area contributed by atoms with Crippen LogP contribution in [0, 0.1) is 0 Å². The van der Waals surface area contributed by atoms with Gasteiger partial charge in [0.15, 0.2) is 6.10 Å². The minimum Gasteiger partial charge on any atom is -0.462 e. The molecule has 0 aromatic carbocycles. The zero-order valence-corrected chi connectivity index (χ0v) is 56.5. The summed E-state index contributed by atoms with van der Waals surface area (Å²) in [5.74, 6) is -0.852. The molecule has 0 aromatic heterocycles. The van der Waals surface area contributed by atoms with Gasteiger partial charge >= 0.3 is 17.9 Å². The molecule has 0 aliphatic carbocycles. The maximum Gasteiger partial charge on any atom is 0.306 e. The Morgan fingerprint density at radius 3 is 0.602 bits per heavy atom. The van der Waals surface area contributed by atoms with Crippen molar-refractivity contribution in [2.24, 2.45) is 0 Å². The maximum absolute atomic E-state index is 12.9. The molecule has 0 N–H and O–H groups in total. The normalized spacial score (nSPS) is 12.1. The number of hydrogen-bond acceptors (Lipinski definition) is 6. The summed E-state index contributed by atoms with van der Waals surface area (Å²) in [5.41, 5.74) is 0. The smallest absolute Gasteiger partial charge is 0.306 e. The molecule has 0 bridgehead atoms. The van der Waals surface area contributed by atoms with E-state index in [1.54, 1.807) is 0 Å². The fourth-order valence-electron chi connectivity index (χ4n) is 11.7. The number of rotatable bonds is 71. The molecule has 490 valence electrons. The molecule has 1 unspecified atom stereocenters. The van der Waals surface area contributed by atoms with E-state index in [0.717, 1.165) is 64.2 Å². The van der Waals surface area contributed by atoms with E-state index in [4.69, 9.17) is 14.2 Å². The molecule has 0 radical (unpaired) electrons. The molecule has 0 rings (SSSR count). The third-order valence-corrected chi connectivity index (χ3v) is 17.4. The first kappa shape index (κ1) is 80.9. The van der Waals surface area contributed by atoms with Crippen molar-refractivity contribution in [2.75, 3.05) is 13.2 Å². The van der Waals surface area contributed by atoms with Gasteiger partial charge in [-0.3, -0.25) is 14.4 Å². The lowest BCUT2D eigenvalue weighted by atomic mass is 10.0. The summed E-state index contributed by atoms with van der Waals surface area (Å²) in [6.45, 7) is 6.70. The minimum absolute atomic E-state index is 0.0703. The van der Waals surface area contributed by atoms with Gasteiger partial charge in [0.2, 0.25) is 0 Å². The lowest BCUT2D eigenvalue weighted by Crippen LogP contribution is -2.30. The second-order valence-corrected chi connectivity index (χ2v) is 25.9. The van der Waals surface area contributed by atoms with Gasteiger partial charge in [-0.05, 0) is 70.6 Å². The average molecular weight is 1170 g/mol. The van der Waals surface area contributed by atoms with Gasteiger partial charge in [0, 0.05) is 19.3 Å². The quantitative estimate of drug-likeness (QED) is 0.0261. The van der Waals surface area contributed by atoms with Crippen LogP contribution in [0.2, 0.25) is 0 Å². The molecule has 6 heteroatoms. The number of ether oxygens (including phenoxy) is 3. The van der Waals surface area contributed by atoms with Crippen LogP contribution < -0.4 is 0 Å². The Balaban J connectivity index is 4.12. The van der Waals surface area contributed by atoms with Crippen LogP contribution in [0.4, 0.5) is 0 Å². The predicted octanol–water partition coefficient (Wildman–Crippen LogP) is 26.1. The van der Waals surface area contributed by atoms with E-state index < -0.39 is 6.10 Å². The van der Waals surface area contributed by atoms with E-state index in [1.165, 1.54) is 327 Å². The Morgan fingerprint density at radius 2 is 0.398 bits per heavy atom. The summed E-state index contributed by atoms with van der Waals surface area (Å²) in [4.78, 5) is 38.4. The first-order valence-electron chi connectivity index (χ1n) is 37.8. The van der Waals surface area contributed by atoms with Gasteiger partial charge in [-0.25, -0.2) is 0 Å². The Kier molecular flexibility index (Phi) is 70.5. The van der Waals surface area contributed by atoms with E-state index in [-0.39, 0.29) is 31.1 Å². The molecule has 0 saturated carbocycles. The van der Waals surface area contributed by atoms with Crippen LogP contribution in [-0.4, -0.2) is 37.2 Å². The standard InChI is InChI=1S/C77H146O6/c1-4-7-10-13-16-19-22-25-28-30-31-32-33-34-35-36-37-38-39-40-41-42-43-44-45-47-49-52-55-58-61-64-67-70-76(79)82-73-74(72-81-75(78)69-66-63-60-57-54-51-48-27-24-21-18-15-12-9-6-3)83-77(80)71-68-65-62-59-56-53-50-46-29-26-23-20-17-14-11-8-5-2/h26-27,29,48,74H,4-25,28,30-47,49-73H2,1-3H3/b29-26-,48-27-. The molecule has 6 nitrogen and oxygen atoms in total. The molecule has 0 heterocycles. The summed E-state index contributed by atoms with van der Waals surface area (Å²) in [6, 6.07) is 0. The van der Waals surface area contributed by atoms with Crippen molar-refractivity contribution in [1.29, 1.82) is 0 Å². The Labute approximate surface area is 519 Å². The topological polar surface area (TPSA) is 78.9 Å². The molecule has 0 aromatic rings. The lowest BCUT2D eigenvalue weighted by molar-refractivity contribution is -0.167. The molecule has 0 aliphatic heterocycles. The van der Waals surface area contributed by atoms with Gasteiger partial charge in [-0.1, -0.05) is 366 Å². The van der Waals surface area contributed by atoms with E-state index >= 15 is 0 Å². The number of unbranched alkanes of at least 4 members (excludes halogenated alkanes) is 56. The van der Waals surface area contributed by atoms with Crippen molar-refractivity contribution in [3.05, 3.63) is 24.3 Å². The Hall–Kier alpha value is -2.11. The number of allylic oxidation sites excluding steroid dienone is 4. The first-order chi connectivity index (χ1) is 41.0. The fourth-order valence-corrected chi connectivity index (χ4v) is 11.7. The molecule has 0 amide bonds. The highest BCUT2D eigenvalue weighted by molar-refractivity contribution is 5.71. The molecule has 0 fully saturated rings. The monoisotopic (exact) mass is 1170 g/mol. The van der Waals surface area contributed by atoms with Crippen LogP contribution in [0.1, 0.15) is 432 Å². The number of hydrogen-bond donors (Lipinski definition) is 0. The van der Waals surface area contributed by atoms with Crippen LogP contribution in [0.25, 0.3) is 0 Å². The van der Waals surface area contributed by atoms with Crippen LogP contribution in [-0.2, 0) is 28.6 Å². The van der Waals surface area contributed by atoms with Gasteiger partial charge < -0.3 is 14.2 Å². The van der Waals surface area contributed by atoms with Crippen molar-refractivity contribution in [3.63, 3.8) is 0 Å². The maximum atomic E-state index is 12.9. The summed E-state index contributed by atoms with van der Waals surface area (Å²) in [5, 5.41) is 0. The zero-order chi connectivity index (χ0) is 59.9. The fraction of sp³-hybridized carbons (Fsp3) is 0.909. The Morgan fingerprint density at radius 1 is 0.229 bits per heavy atom. The van der Waals surface area contributed by atoms with Gasteiger partial charge in [-0.15, -0.1) is 0 Å². The van der Waals surface area contributed by atoms with Crippen molar-refractivity contribution in [1.82, 2.24) is 0 Å². The van der Waals surface area contributed by atoms with Crippen molar-refractivity contribution in [2.45, 2.75) is 438 Å². The molecule has 0 aliphatic rings. The van der Waals surface area contributed by atoms with Crippen molar-refractivity contribution >= 4 is 17.9 Å². The van der Waals surface area contributed by atoms with Crippen LogP contribution in [0.5, 0.6) is 0 Å². The second kappa shape index (κ2) is 72.4. The van der Waals surface area contributed by atoms with Crippen LogP contribution in [0.3, 0.4) is 0 Å². The summed E-state index contributed by atoms with van der Waals surface area (Å²) in [7, 11) is 0. The average Bonchev–Trinajstić information content (AvgIpc) is 3.49. The predicted molar refractivity (Wildman–Crippen MR) is 363 cm³/mol. The number of carbonyl (C=O) groups excluding carboxylic acids is 3. The molecule has 0 saturated heterocycles. The van der Waals surface area contributed by atoms with E-state index in [0.29, 0.717) is 19.3 Å². The van der Waals surface area contributed by atoms with Gasteiger partial charge in [0.05, 0.1) is 0 Å². The highest BCUT2D eigenvalue weighted by atomic mass is 16.6. The largest absolute Gasteiger partial charge is 0.462 e. The lowest BCUT2D eigenvalue weighted by Gasteiger charge is -2.18. The molecule has 1 atom stereocenters. The van der Waals surface area contributed by atoms with Crippen molar-refractivity contribution < 1.29 is 28.6 Å². The van der Waals surface area contributed by atoms with E-state index in [1.807, 2.05) is 0 Å². The molecule has 83 heavy (non-hydrogen) atoms. The molecular formula is C77H146O6. The highest BCUT2D eigenvalue weighted by Gasteiger charge is 2.20. The third kappa shape index (κ3) is 70.5. The SMILES string of the molecule is CCCCCCCC/C=C\CCCCCCCCCC(=O)OC(COC(=O)CCCCCCC/C=C\CCCCCCCC)COC(=O)CCCCCCCCCCCCCCCCCCCCCCCCCCCCCCCCCCC. The van der Waals surface area contributed by atoms with E-state index in [9.17, 15) is 14.4 Å². The summed E-state index contributed by atoms with van der Waals surface area (Å²) >= 11 is 0. The van der Waals surface area contributed by atoms with Gasteiger partial charge in [0.25, 0.3) is 0 Å². The summed E-state index contributed by atoms with van der Waals surface area (Å²) < 4.78 is 17.0. The van der Waals surface area contributed by atoms with Crippen LogP contribution >= 0.6 is 0 Å². The van der Waals surface area contributed by atoms with Gasteiger partial charge in [-0.2, -0.15) is 0 Å². The van der Waals surface area contributed by atoms with Gasteiger partial charge in [0.1, 0.15) is 13.2 Å². The van der Waals surface area contributed by atoms with E-state index in [2.05, 4.69) is 45.1 Å². The first-order valence-corrected chi connectivity index (χ1v) is 37.8. The zero-order valence-electron chi connectivity index (χ0n) is 56.5. The van der Waals surface area contributed by atoms with Crippen LogP contribution in [0.15, 0.2) is 24.3 Å².